The van der Waals surface area contributed by atoms with Crippen molar-refractivity contribution in [1.29, 1.82) is 0 Å². The van der Waals surface area contributed by atoms with E-state index >= 15 is 0 Å². The molecule has 0 atom stereocenters. The van der Waals surface area contributed by atoms with E-state index < -0.39 is 0 Å². The molecule has 0 bridgehead atoms. The van der Waals surface area contributed by atoms with E-state index in [2.05, 4.69) is 25.3 Å². The van der Waals surface area contributed by atoms with E-state index in [0.717, 1.165) is 11.1 Å². The average Bonchev–Trinajstić information content (AvgIpc) is 3.18. The van der Waals surface area contributed by atoms with Crippen molar-refractivity contribution < 1.29 is 4.79 Å². The Morgan fingerprint density at radius 1 is 0.926 bits per heavy atom. The first-order valence-electron chi connectivity index (χ1n) is 8.31. The fraction of sp³-hybridized carbons (Fsp3) is 0.0500. The van der Waals surface area contributed by atoms with Crippen LogP contribution in [0.15, 0.2) is 72.5 Å². The monoisotopic (exact) mass is 373 g/mol. The zero-order valence-corrected chi connectivity index (χ0v) is 15.1. The van der Waals surface area contributed by atoms with E-state index in [4.69, 9.17) is 0 Å². The second kappa shape index (κ2) is 7.84. The zero-order chi connectivity index (χ0) is 18.5. The lowest BCUT2D eigenvalue weighted by Crippen LogP contribution is -2.15. The van der Waals surface area contributed by atoms with Gasteiger partial charge in [-0.15, -0.1) is 11.3 Å². The van der Waals surface area contributed by atoms with Gasteiger partial charge in [0.25, 0.3) is 0 Å². The summed E-state index contributed by atoms with van der Waals surface area (Å²) in [4.78, 5) is 29.4. The number of thiazole rings is 1. The van der Waals surface area contributed by atoms with Gasteiger partial charge in [0.1, 0.15) is 5.82 Å². The van der Waals surface area contributed by atoms with Crippen LogP contribution in [-0.4, -0.2) is 25.8 Å². The fourth-order valence-corrected chi connectivity index (χ4v) is 3.29. The van der Waals surface area contributed by atoms with Gasteiger partial charge in [-0.05, 0) is 23.8 Å². The van der Waals surface area contributed by atoms with Crippen LogP contribution in [0.4, 0.5) is 5.82 Å². The number of rotatable bonds is 5. The Hall–Kier alpha value is -3.45. The van der Waals surface area contributed by atoms with Gasteiger partial charge < -0.3 is 5.32 Å². The predicted molar refractivity (Wildman–Crippen MR) is 105 cm³/mol. The highest BCUT2D eigenvalue weighted by molar-refractivity contribution is 7.13. The lowest BCUT2D eigenvalue weighted by Gasteiger charge is -2.05. The summed E-state index contributed by atoms with van der Waals surface area (Å²) in [5.41, 5.74) is 2.77. The minimum Gasteiger partial charge on any atom is -0.310 e. The minimum absolute atomic E-state index is 0.166. The molecule has 0 aliphatic heterocycles. The summed E-state index contributed by atoms with van der Waals surface area (Å²) in [5.74, 6) is 0.912. The number of carbonyl (C=O) groups is 1. The number of aromatic nitrogens is 4. The Labute approximate surface area is 160 Å². The molecule has 3 heterocycles. The van der Waals surface area contributed by atoms with Crippen LogP contribution in [0, 0.1) is 0 Å². The Kier molecular flexibility index (Phi) is 4.93. The third-order valence-electron chi connectivity index (χ3n) is 3.79. The van der Waals surface area contributed by atoms with Gasteiger partial charge in [-0.2, -0.15) is 0 Å². The first-order chi connectivity index (χ1) is 13.3. The minimum atomic E-state index is -0.166. The molecule has 0 spiro atoms. The topological polar surface area (TPSA) is 80.7 Å². The van der Waals surface area contributed by atoms with E-state index in [1.807, 2.05) is 41.8 Å². The van der Waals surface area contributed by atoms with Gasteiger partial charge in [-0.3, -0.25) is 4.79 Å². The maximum atomic E-state index is 12.3. The van der Waals surface area contributed by atoms with Crippen LogP contribution in [0.5, 0.6) is 0 Å². The SMILES string of the molecule is O=C(Cc1csc(-c2ncccn2)n1)Nc1ccc(-c2ccccc2)cn1. The van der Waals surface area contributed by atoms with Crippen molar-refractivity contribution in [3.05, 3.63) is 78.2 Å². The molecule has 1 aromatic carbocycles. The predicted octanol–water partition coefficient (Wildman–Crippen LogP) is 3.84. The number of hydrogen-bond acceptors (Lipinski definition) is 6. The smallest absolute Gasteiger partial charge is 0.231 e. The Morgan fingerprint density at radius 3 is 2.48 bits per heavy atom. The zero-order valence-electron chi connectivity index (χ0n) is 14.2. The number of anilines is 1. The van der Waals surface area contributed by atoms with E-state index in [0.29, 0.717) is 22.3 Å². The summed E-state index contributed by atoms with van der Waals surface area (Å²) >= 11 is 1.42. The highest BCUT2D eigenvalue weighted by Crippen LogP contribution is 2.21. The van der Waals surface area contributed by atoms with Gasteiger partial charge in [0.05, 0.1) is 12.1 Å². The van der Waals surface area contributed by atoms with Crippen LogP contribution >= 0.6 is 11.3 Å². The van der Waals surface area contributed by atoms with Crippen LogP contribution in [-0.2, 0) is 11.2 Å². The molecule has 0 fully saturated rings. The van der Waals surface area contributed by atoms with Crippen LogP contribution in [0.3, 0.4) is 0 Å². The molecule has 3 aromatic heterocycles. The Bertz CT molecular complexity index is 1030. The van der Waals surface area contributed by atoms with Crippen molar-refractivity contribution in [1.82, 2.24) is 19.9 Å². The van der Waals surface area contributed by atoms with E-state index in [9.17, 15) is 4.79 Å². The molecule has 1 amide bonds. The van der Waals surface area contributed by atoms with Crippen LogP contribution in [0.25, 0.3) is 22.0 Å². The molecule has 1 N–H and O–H groups in total. The van der Waals surface area contributed by atoms with Crippen molar-refractivity contribution in [2.45, 2.75) is 6.42 Å². The third-order valence-corrected chi connectivity index (χ3v) is 4.68. The maximum absolute atomic E-state index is 12.3. The highest BCUT2D eigenvalue weighted by Gasteiger charge is 2.11. The Balaban J connectivity index is 1.39. The molecular weight excluding hydrogens is 358 g/mol. The molecule has 0 aliphatic rings. The first-order valence-corrected chi connectivity index (χ1v) is 9.19. The van der Waals surface area contributed by atoms with Crippen LogP contribution in [0.1, 0.15) is 5.69 Å². The molecule has 6 nitrogen and oxygen atoms in total. The highest BCUT2D eigenvalue weighted by atomic mass is 32.1. The van der Waals surface area contributed by atoms with Crippen molar-refractivity contribution in [3.8, 4) is 22.0 Å². The number of benzene rings is 1. The Morgan fingerprint density at radius 2 is 1.74 bits per heavy atom. The number of pyridine rings is 1. The van der Waals surface area contributed by atoms with Crippen molar-refractivity contribution in [3.63, 3.8) is 0 Å². The molecule has 27 heavy (non-hydrogen) atoms. The number of nitrogens with one attached hydrogen (secondary N) is 1. The summed E-state index contributed by atoms with van der Waals surface area (Å²) in [6, 6.07) is 15.5. The van der Waals surface area contributed by atoms with Crippen LogP contribution in [0.2, 0.25) is 0 Å². The summed E-state index contributed by atoms with van der Waals surface area (Å²) in [7, 11) is 0. The first kappa shape index (κ1) is 17.0. The van der Waals surface area contributed by atoms with Crippen molar-refractivity contribution in [2.75, 3.05) is 5.32 Å². The lowest BCUT2D eigenvalue weighted by molar-refractivity contribution is -0.115. The maximum Gasteiger partial charge on any atom is 0.231 e. The number of amides is 1. The van der Waals surface area contributed by atoms with E-state index in [1.165, 1.54) is 11.3 Å². The lowest BCUT2D eigenvalue weighted by atomic mass is 10.1. The van der Waals surface area contributed by atoms with Crippen molar-refractivity contribution in [2.24, 2.45) is 0 Å². The summed E-state index contributed by atoms with van der Waals surface area (Å²) in [6.07, 6.45) is 5.26. The second-order valence-corrected chi connectivity index (χ2v) is 6.60. The van der Waals surface area contributed by atoms with Gasteiger partial charge in [-0.25, -0.2) is 19.9 Å². The molecule has 4 aromatic rings. The number of carbonyl (C=O) groups excluding carboxylic acids is 1. The molecule has 0 aliphatic carbocycles. The molecule has 0 saturated heterocycles. The van der Waals surface area contributed by atoms with Gasteiger partial charge in [0.15, 0.2) is 10.8 Å². The molecule has 7 heteroatoms. The van der Waals surface area contributed by atoms with Gasteiger partial charge in [0, 0.05) is 29.5 Å². The molecule has 0 saturated carbocycles. The summed E-state index contributed by atoms with van der Waals surface area (Å²) < 4.78 is 0. The molecule has 132 valence electrons. The quantitative estimate of drug-likeness (QED) is 0.575. The van der Waals surface area contributed by atoms with Gasteiger partial charge >= 0.3 is 0 Å². The number of nitrogens with zero attached hydrogens (tertiary/aromatic N) is 4. The van der Waals surface area contributed by atoms with Crippen LogP contribution < -0.4 is 5.32 Å². The standard InChI is InChI=1S/C20H15N5OS/c26-18(11-16-13-27-20(24-16)19-21-9-4-10-22-19)25-17-8-7-15(12-23-17)14-5-2-1-3-6-14/h1-10,12-13H,11H2,(H,23,25,26). The molecule has 0 radical (unpaired) electrons. The van der Waals surface area contributed by atoms with E-state index in [1.54, 1.807) is 30.7 Å². The normalized spacial score (nSPS) is 10.5. The summed E-state index contributed by atoms with van der Waals surface area (Å²) in [5, 5.41) is 5.34. The number of hydrogen-bond donors (Lipinski definition) is 1. The van der Waals surface area contributed by atoms with Crippen molar-refractivity contribution >= 4 is 23.1 Å². The van der Waals surface area contributed by atoms with Gasteiger partial charge in [-0.1, -0.05) is 30.3 Å². The summed E-state index contributed by atoms with van der Waals surface area (Å²) in [6.45, 7) is 0. The third kappa shape index (κ3) is 4.21. The fourth-order valence-electron chi connectivity index (χ4n) is 2.52. The second-order valence-electron chi connectivity index (χ2n) is 5.74. The van der Waals surface area contributed by atoms with Gasteiger partial charge in [0.2, 0.25) is 5.91 Å². The largest absolute Gasteiger partial charge is 0.310 e. The molecule has 0 unspecified atom stereocenters. The molecule has 4 rings (SSSR count). The molecular formula is C20H15N5OS. The average molecular weight is 373 g/mol. The van der Waals surface area contributed by atoms with E-state index in [-0.39, 0.29) is 12.3 Å².